The molecule has 0 amide bonds. The Labute approximate surface area is 116 Å². The molecule has 0 fully saturated rings. The molecule has 2 heterocycles. The van der Waals surface area contributed by atoms with Crippen LogP contribution in [0.1, 0.15) is 41.8 Å². The van der Waals surface area contributed by atoms with Crippen molar-refractivity contribution in [2.75, 3.05) is 11.9 Å². The number of rotatable bonds is 6. The summed E-state index contributed by atoms with van der Waals surface area (Å²) < 4.78 is 5.21. The minimum absolute atomic E-state index is 0.00291. The van der Waals surface area contributed by atoms with Crippen LogP contribution in [0.4, 0.5) is 5.69 Å². The van der Waals surface area contributed by atoms with Gasteiger partial charge in [0.1, 0.15) is 11.6 Å². The molecule has 0 aliphatic rings. The van der Waals surface area contributed by atoms with Crippen molar-refractivity contribution in [3.63, 3.8) is 0 Å². The van der Waals surface area contributed by atoms with Gasteiger partial charge in [0.15, 0.2) is 5.69 Å². The summed E-state index contributed by atoms with van der Waals surface area (Å²) in [4.78, 5) is 19.5. The zero-order valence-corrected chi connectivity index (χ0v) is 11.5. The predicted molar refractivity (Wildman–Crippen MR) is 74.0 cm³/mol. The molecular weight excluding hydrogens is 258 g/mol. The predicted octanol–water partition coefficient (Wildman–Crippen LogP) is 2.55. The highest BCUT2D eigenvalue weighted by Gasteiger charge is 2.15. The van der Waals surface area contributed by atoms with Crippen molar-refractivity contribution in [1.29, 1.82) is 0 Å². The molecule has 0 radical (unpaired) electrons. The van der Waals surface area contributed by atoms with Crippen LogP contribution in [0.15, 0.2) is 29.0 Å². The van der Waals surface area contributed by atoms with Gasteiger partial charge >= 0.3 is 5.97 Å². The Kier molecular flexibility index (Phi) is 4.34. The number of aromatic nitrogens is 2. The number of anilines is 1. The number of carboxylic acids is 1. The summed E-state index contributed by atoms with van der Waals surface area (Å²) in [5.74, 6) is 0.396. The van der Waals surface area contributed by atoms with Crippen LogP contribution < -0.4 is 5.32 Å². The molecule has 6 heteroatoms. The summed E-state index contributed by atoms with van der Waals surface area (Å²) in [5.41, 5.74) is 0.427. The van der Waals surface area contributed by atoms with Gasteiger partial charge in [0.25, 0.3) is 0 Å². The topological polar surface area (TPSA) is 88.2 Å². The minimum Gasteiger partial charge on any atom is -0.476 e. The van der Waals surface area contributed by atoms with Crippen molar-refractivity contribution in [3.05, 3.63) is 41.9 Å². The van der Waals surface area contributed by atoms with Crippen molar-refractivity contribution in [2.24, 2.45) is 0 Å². The van der Waals surface area contributed by atoms with Gasteiger partial charge in [0.2, 0.25) is 0 Å². The van der Waals surface area contributed by atoms with E-state index in [2.05, 4.69) is 15.3 Å². The fraction of sp³-hybridized carbons (Fsp3) is 0.357. The van der Waals surface area contributed by atoms with Gasteiger partial charge in [-0.15, -0.1) is 0 Å². The third-order valence-electron chi connectivity index (χ3n) is 2.79. The molecular formula is C14H17N3O3. The van der Waals surface area contributed by atoms with Crippen LogP contribution in [0.25, 0.3) is 0 Å². The second kappa shape index (κ2) is 6.18. The number of carbonyl (C=O) groups is 1. The van der Waals surface area contributed by atoms with Crippen molar-refractivity contribution in [3.8, 4) is 0 Å². The van der Waals surface area contributed by atoms with E-state index in [-0.39, 0.29) is 11.6 Å². The molecule has 0 aromatic carbocycles. The van der Waals surface area contributed by atoms with E-state index in [1.807, 2.05) is 26.0 Å². The lowest BCUT2D eigenvalue weighted by Crippen LogP contribution is -2.13. The number of nitrogens with zero attached hydrogens (tertiary/aromatic N) is 2. The van der Waals surface area contributed by atoms with Gasteiger partial charge in [-0.25, -0.2) is 14.8 Å². The Morgan fingerprint density at radius 2 is 2.30 bits per heavy atom. The summed E-state index contributed by atoms with van der Waals surface area (Å²) in [6.45, 7) is 4.40. The zero-order chi connectivity index (χ0) is 14.5. The fourth-order valence-corrected chi connectivity index (χ4v) is 1.74. The second-order valence-corrected chi connectivity index (χ2v) is 4.71. The summed E-state index contributed by atoms with van der Waals surface area (Å²) in [6.07, 6.45) is 3.80. The molecule has 6 nitrogen and oxygen atoms in total. The van der Waals surface area contributed by atoms with Gasteiger partial charge in [-0.3, -0.25) is 0 Å². The normalized spacial score (nSPS) is 10.8. The highest BCUT2D eigenvalue weighted by molar-refractivity contribution is 5.91. The summed E-state index contributed by atoms with van der Waals surface area (Å²) >= 11 is 0. The molecule has 2 rings (SSSR count). The van der Waals surface area contributed by atoms with Gasteiger partial charge in [-0.1, -0.05) is 13.8 Å². The quantitative estimate of drug-likeness (QED) is 0.842. The molecule has 0 aliphatic carbocycles. The minimum atomic E-state index is -1.06. The van der Waals surface area contributed by atoms with Crippen LogP contribution in [0.5, 0.6) is 0 Å². The van der Waals surface area contributed by atoms with Gasteiger partial charge in [0, 0.05) is 18.9 Å². The molecule has 2 N–H and O–H groups in total. The molecule has 0 unspecified atom stereocenters. The SMILES string of the molecule is CC(C)c1ncc(NCCc2ccco2)c(C(=O)O)n1. The fourth-order valence-electron chi connectivity index (χ4n) is 1.74. The maximum Gasteiger partial charge on any atom is 0.356 e. The first-order chi connectivity index (χ1) is 9.58. The third-order valence-corrected chi connectivity index (χ3v) is 2.79. The van der Waals surface area contributed by atoms with Crippen LogP contribution in [0.2, 0.25) is 0 Å². The Morgan fingerprint density at radius 1 is 1.50 bits per heavy atom. The van der Waals surface area contributed by atoms with E-state index in [0.29, 0.717) is 24.5 Å². The monoisotopic (exact) mass is 275 g/mol. The second-order valence-electron chi connectivity index (χ2n) is 4.71. The van der Waals surface area contributed by atoms with Crippen LogP contribution in [-0.4, -0.2) is 27.6 Å². The first-order valence-corrected chi connectivity index (χ1v) is 6.44. The number of furan rings is 1. The van der Waals surface area contributed by atoms with Crippen LogP contribution in [0.3, 0.4) is 0 Å². The lowest BCUT2D eigenvalue weighted by Gasteiger charge is -2.10. The van der Waals surface area contributed by atoms with E-state index in [0.717, 1.165) is 5.76 Å². The van der Waals surface area contributed by atoms with Crippen LogP contribution >= 0.6 is 0 Å². The third kappa shape index (κ3) is 3.34. The van der Waals surface area contributed by atoms with Crippen molar-refractivity contribution in [1.82, 2.24) is 9.97 Å². The Hall–Kier alpha value is -2.37. The van der Waals surface area contributed by atoms with E-state index in [1.165, 1.54) is 6.20 Å². The molecule has 0 atom stereocenters. The number of carboxylic acid groups (broad SMARTS) is 1. The summed E-state index contributed by atoms with van der Waals surface area (Å²) in [7, 11) is 0. The first-order valence-electron chi connectivity index (χ1n) is 6.44. The molecule has 2 aromatic heterocycles. The van der Waals surface area contributed by atoms with Gasteiger partial charge in [-0.2, -0.15) is 0 Å². The van der Waals surface area contributed by atoms with E-state index in [4.69, 9.17) is 4.42 Å². The summed E-state index contributed by atoms with van der Waals surface area (Å²) in [5, 5.41) is 12.2. The van der Waals surface area contributed by atoms with E-state index >= 15 is 0 Å². The summed E-state index contributed by atoms with van der Waals surface area (Å²) in [6, 6.07) is 3.69. The van der Waals surface area contributed by atoms with Crippen LogP contribution in [0, 0.1) is 0 Å². The van der Waals surface area contributed by atoms with Crippen molar-refractivity contribution >= 4 is 11.7 Å². The number of hydrogen-bond donors (Lipinski definition) is 2. The molecule has 0 spiro atoms. The largest absolute Gasteiger partial charge is 0.476 e. The first kappa shape index (κ1) is 14.0. The van der Waals surface area contributed by atoms with E-state index < -0.39 is 5.97 Å². The maximum absolute atomic E-state index is 11.2. The Morgan fingerprint density at radius 3 is 2.90 bits per heavy atom. The van der Waals surface area contributed by atoms with E-state index in [1.54, 1.807) is 6.26 Å². The van der Waals surface area contributed by atoms with Crippen molar-refractivity contribution in [2.45, 2.75) is 26.2 Å². The molecule has 0 saturated heterocycles. The zero-order valence-electron chi connectivity index (χ0n) is 11.5. The number of aromatic carboxylic acids is 1. The molecule has 0 aliphatic heterocycles. The van der Waals surface area contributed by atoms with Gasteiger partial charge in [0.05, 0.1) is 18.1 Å². The molecule has 0 bridgehead atoms. The Bertz CT molecular complexity index is 579. The average Bonchev–Trinajstić information content (AvgIpc) is 2.91. The lowest BCUT2D eigenvalue weighted by atomic mass is 10.2. The molecule has 106 valence electrons. The smallest absolute Gasteiger partial charge is 0.356 e. The molecule has 2 aromatic rings. The number of nitrogens with one attached hydrogen (secondary N) is 1. The van der Waals surface area contributed by atoms with Gasteiger partial charge in [-0.05, 0) is 12.1 Å². The average molecular weight is 275 g/mol. The molecule has 20 heavy (non-hydrogen) atoms. The maximum atomic E-state index is 11.2. The number of hydrogen-bond acceptors (Lipinski definition) is 5. The van der Waals surface area contributed by atoms with Crippen molar-refractivity contribution < 1.29 is 14.3 Å². The van der Waals surface area contributed by atoms with E-state index in [9.17, 15) is 9.90 Å². The molecule has 0 saturated carbocycles. The highest BCUT2D eigenvalue weighted by Crippen LogP contribution is 2.16. The van der Waals surface area contributed by atoms with Crippen LogP contribution in [-0.2, 0) is 6.42 Å². The Balaban J connectivity index is 2.08. The van der Waals surface area contributed by atoms with Gasteiger partial charge < -0.3 is 14.8 Å². The highest BCUT2D eigenvalue weighted by atomic mass is 16.4. The standard InChI is InChI=1S/C14H17N3O3/c1-9(2)13-16-8-11(12(17-13)14(18)19)15-6-5-10-4-3-7-20-10/h3-4,7-9,15H,5-6H2,1-2H3,(H,18,19). The lowest BCUT2D eigenvalue weighted by molar-refractivity contribution is 0.0691.